The number of amides is 1. The lowest BCUT2D eigenvalue weighted by molar-refractivity contribution is -0.143. The Labute approximate surface area is 117 Å². The highest BCUT2D eigenvalue weighted by Crippen LogP contribution is 2.40. The van der Waals surface area contributed by atoms with Gasteiger partial charge in [-0.15, -0.1) is 12.4 Å². The Bertz CT molecular complexity index is 288. The summed E-state index contributed by atoms with van der Waals surface area (Å²) in [7, 11) is 0. The van der Waals surface area contributed by atoms with Crippen LogP contribution in [0, 0.1) is 10.8 Å². The fourth-order valence-corrected chi connectivity index (χ4v) is 3.21. The van der Waals surface area contributed by atoms with Gasteiger partial charge in [0.05, 0.1) is 5.41 Å². The molecule has 1 saturated carbocycles. The molecule has 1 aliphatic carbocycles. The van der Waals surface area contributed by atoms with Crippen molar-refractivity contribution in [3.63, 3.8) is 0 Å². The molecule has 0 radical (unpaired) electrons. The van der Waals surface area contributed by atoms with E-state index >= 15 is 0 Å². The molecule has 0 aromatic heterocycles. The maximum absolute atomic E-state index is 12.6. The predicted molar refractivity (Wildman–Crippen MR) is 76.8 cm³/mol. The van der Waals surface area contributed by atoms with Crippen molar-refractivity contribution in [2.75, 3.05) is 19.6 Å². The Morgan fingerprint density at radius 2 is 1.61 bits per heavy atom. The summed E-state index contributed by atoms with van der Waals surface area (Å²) in [6, 6.07) is 0. The first-order chi connectivity index (χ1) is 7.99. The molecular weight excluding hydrogens is 248 g/mol. The van der Waals surface area contributed by atoms with E-state index in [2.05, 4.69) is 18.7 Å². The third-order valence-corrected chi connectivity index (χ3v) is 4.81. The molecule has 0 atom stereocenters. The molecule has 0 unspecified atom stereocenters. The minimum Gasteiger partial charge on any atom is -0.342 e. The van der Waals surface area contributed by atoms with Crippen LogP contribution in [0.1, 0.15) is 52.4 Å². The molecule has 1 saturated heterocycles. The van der Waals surface area contributed by atoms with E-state index in [1.165, 1.54) is 12.8 Å². The quantitative estimate of drug-likeness (QED) is 0.841. The zero-order valence-electron chi connectivity index (χ0n) is 11.7. The van der Waals surface area contributed by atoms with E-state index in [9.17, 15) is 4.79 Å². The van der Waals surface area contributed by atoms with Crippen molar-refractivity contribution in [2.45, 2.75) is 52.4 Å². The molecule has 2 fully saturated rings. The summed E-state index contributed by atoms with van der Waals surface area (Å²) in [5.74, 6) is 0.341. The zero-order chi connectivity index (χ0) is 12.5. The maximum atomic E-state index is 12.6. The van der Waals surface area contributed by atoms with Gasteiger partial charge in [-0.05, 0) is 31.1 Å². The number of hydrogen-bond acceptors (Lipinski definition) is 2. The van der Waals surface area contributed by atoms with Gasteiger partial charge in [0, 0.05) is 19.6 Å². The van der Waals surface area contributed by atoms with Crippen molar-refractivity contribution in [3.8, 4) is 0 Å². The Hall–Kier alpha value is -0.280. The third kappa shape index (κ3) is 3.00. The van der Waals surface area contributed by atoms with Crippen LogP contribution < -0.4 is 5.73 Å². The molecule has 2 rings (SSSR count). The number of likely N-dealkylation sites (tertiary alicyclic amines) is 1. The molecule has 0 bridgehead atoms. The summed E-state index contributed by atoms with van der Waals surface area (Å²) in [6.45, 7) is 6.97. The number of rotatable bonds is 2. The van der Waals surface area contributed by atoms with Crippen molar-refractivity contribution in [1.82, 2.24) is 4.90 Å². The molecule has 0 aromatic rings. The predicted octanol–water partition coefficient (Wildman–Crippen LogP) is 2.58. The van der Waals surface area contributed by atoms with Gasteiger partial charge in [0.25, 0.3) is 0 Å². The fourth-order valence-electron chi connectivity index (χ4n) is 3.21. The topological polar surface area (TPSA) is 46.3 Å². The minimum atomic E-state index is -0.207. The normalized spacial score (nSPS) is 25.6. The highest BCUT2D eigenvalue weighted by Gasteiger charge is 2.43. The van der Waals surface area contributed by atoms with Gasteiger partial charge in [0.1, 0.15) is 0 Å². The number of carbonyl (C=O) groups is 1. The number of halogens is 1. The molecule has 1 aliphatic heterocycles. The van der Waals surface area contributed by atoms with E-state index in [1.54, 1.807) is 0 Å². The lowest BCUT2D eigenvalue weighted by Gasteiger charge is -2.41. The average Bonchev–Trinajstić information content (AvgIpc) is 2.78. The van der Waals surface area contributed by atoms with Crippen molar-refractivity contribution < 1.29 is 4.79 Å². The number of nitrogens with zero attached hydrogens (tertiary/aromatic N) is 1. The van der Waals surface area contributed by atoms with Crippen molar-refractivity contribution >= 4 is 18.3 Å². The average molecular weight is 275 g/mol. The van der Waals surface area contributed by atoms with Crippen LogP contribution in [0.15, 0.2) is 0 Å². The van der Waals surface area contributed by atoms with Crippen LogP contribution in [0.25, 0.3) is 0 Å². The first-order valence-electron chi connectivity index (χ1n) is 6.99. The largest absolute Gasteiger partial charge is 0.342 e. The lowest BCUT2D eigenvalue weighted by Crippen LogP contribution is -2.50. The molecular formula is C14H27ClN2O. The molecule has 0 spiro atoms. The Morgan fingerprint density at radius 3 is 2.06 bits per heavy atom. The number of nitrogens with two attached hydrogens (primary N) is 1. The van der Waals surface area contributed by atoms with Gasteiger partial charge in [0.2, 0.25) is 5.91 Å². The molecule has 2 N–H and O–H groups in total. The first kappa shape index (κ1) is 15.8. The van der Waals surface area contributed by atoms with Crippen LogP contribution in [-0.4, -0.2) is 30.4 Å². The summed E-state index contributed by atoms with van der Waals surface area (Å²) < 4.78 is 0. The molecule has 18 heavy (non-hydrogen) atoms. The summed E-state index contributed by atoms with van der Waals surface area (Å²) in [6.07, 6.45) is 6.59. The van der Waals surface area contributed by atoms with Gasteiger partial charge < -0.3 is 10.6 Å². The van der Waals surface area contributed by atoms with Crippen LogP contribution >= 0.6 is 12.4 Å². The number of piperidine rings is 1. The maximum Gasteiger partial charge on any atom is 0.230 e. The lowest BCUT2D eigenvalue weighted by atomic mass is 9.80. The molecule has 0 aromatic carbocycles. The second-order valence-corrected chi connectivity index (χ2v) is 6.65. The van der Waals surface area contributed by atoms with Crippen LogP contribution in [0.4, 0.5) is 0 Å². The Balaban J connectivity index is 0.00000162. The molecule has 1 heterocycles. The van der Waals surface area contributed by atoms with Gasteiger partial charge in [-0.25, -0.2) is 0 Å². The molecule has 2 aliphatic rings. The molecule has 1 amide bonds. The van der Waals surface area contributed by atoms with Crippen LogP contribution in [-0.2, 0) is 4.79 Å². The Kier molecular flexibility index (Phi) is 5.07. The number of hydrogen-bond donors (Lipinski definition) is 1. The van der Waals surface area contributed by atoms with Crippen molar-refractivity contribution in [3.05, 3.63) is 0 Å². The second kappa shape index (κ2) is 5.79. The van der Waals surface area contributed by atoms with Gasteiger partial charge in [-0.2, -0.15) is 0 Å². The van der Waals surface area contributed by atoms with Gasteiger partial charge in [-0.3, -0.25) is 4.79 Å². The molecule has 4 heteroatoms. The Morgan fingerprint density at radius 1 is 1.11 bits per heavy atom. The van der Waals surface area contributed by atoms with Gasteiger partial charge in [0.15, 0.2) is 0 Å². The smallest absolute Gasteiger partial charge is 0.230 e. The van der Waals surface area contributed by atoms with E-state index < -0.39 is 0 Å². The van der Waals surface area contributed by atoms with Crippen molar-refractivity contribution in [1.29, 1.82) is 0 Å². The van der Waals surface area contributed by atoms with E-state index in [1.807, 2.05) is 0 Å². The van der Waals surface area contributed by atoms with Crippen LogP contribution in [0.2, 0.25) is 0 Å². The highest BCUT2D eigenvalue weighted by molar-refractivity contribution is 5.85. The summed E-state index contributed by atoms with van der Waals surface area (Å²) >= 11 is 0. The van der Waals surface area contributed by atoms with E-state index in [4.69, 9.17) is 5.73 Å². The summed E-state index contributed by atoms with van der Waals surface area (Å²) in [4.78, 5) is 14.7. The standard InChI is InChI=1S/C14H26N2O.ClH/c1-13(2)7-9-16(10-8-13)12(17)14(11-15)5-3-4-6-14;/h3-11,15H2,1-2H3;1H. The van der Waals surface area contributed by atoms with Gasteiger partial charge >= 0.3 is 0 Å². The van der Waals surface area contributed by atoms with Crippen LogP contribution in [0.3, 0.4) is 0 Å². The number of carbonyl (C=O) groups excluding carboxylic acids is 1. The first-order valence-corrected chi connectivity index (χ1v) is 6.99. The van der Waals surface area contributed by atoms with Crippen molar-refractivity contribution in [2.24, 2.45) is 16.6 Å². The van der Waals surface area contributed by atoms with E-state index in [0.29, 0.717) is 17.9 Å². The summed E-state index contributed by atoms with van der Waals surface area (Å²) in [5, 5.41) is 0. The summed E-state index contributed by atoms with van der Waals surface area (Å²) in [5.41, 5.74) is 6.08. The second-order valence-electron chi connectivity index (χ2n) is 6.65. The highest BCUT2D eigenvalue weighted by atomic mass is 35.5. The zero-order valence-corrected chi connectivity index (χ0v) is 12.5. The SMILES string of the molecule is CC1(C)CCN(C(=O)C2(CN)CCCC2)CC1.Cl. The third-order valence-electron chi connectivity index (χ3n) is 4.81. The molecule has 106 valence electrons. The molecule has 3 nitrogen and oxygen atoms in total. The van der Waals surface area contributed by atoms with E-state index in [0.717, 1.165) is 38.8 Å². The minimum absolute atomic E-state index is 0. The van der Waals surface area contributed by atoms with Crippen LogP contribution in [0.5, 0.6) is 0 Å². The van der Waals surface area contributed by atoms with Gasteiger partial charge in [-0.1, -0.05) is 26.7 Å². The fraction of sp³-hybridized carbons (Fsp3) is 0.929. The van der Waals surface area contributed by atoms with E-state index in [-0.39, 0.29) is 17.8 Å². The monoisotopic (exact) mass is 274 g/mol.